The van der Waals surface area contributed by atoms with Gasteiger partial charge in [-0.25, -0.2) is 0 Å². The van der Waals surface area contributed by atoms with Gasteiger partial charge in [0.1, 0.15) is 5.75 Å². The molecule has 1 aliphatic heterocycles. The number of nitrogens with zero attached hydrogens (tertiary/aromatic N) is 1. The van der Waals surface area contributed by atoms with E-state index in [-0.39, 0.29) is 17.7 Å². The molecular formula is C21H16ClNO2. The highest BCUT2D eigenvalue weighted by molar-refractivity contribution is 6.31. The second kappa shape index (κ2) is 5.94. The number of benzene rings is 3. The molecule has 25 heavy (non-hydrogen) atoms. The summed E-state index contributed by atoms with van der Waals surface area (Å²) in [7, 11) is 0. The smallest absolute Gasteiger partial charge is 0.258 e. The number of phenols is 1. The number of rotatable bonds is 1. The fourth-order valence-electron chi connectivity index (χ4n) is 3.45. The van der Waals surface area contributed by atoms with Crippen LogP contribution < -0.4 is 4.90 Å². The molecule has 0 bridgehead atoms. The van der Waals surface area contributed by atoms with Crippen molar-refractivity contribution in [3.63, 3.8) is 0 Å². The second-order valence-corrected chi connectivity index (χ2v) is 6.59. The quantitative estimate of drug-likeness (QED) is 0.636. The zero-order chi connectivity index (χ0) is 17.6. The molecule has 3 aromatic rings. The topological polar surface area (TPSA) is 40.5 Å². The molecule has 0 fully saturated rings. The molecule has 1 heterocycles. The van der Waals surface area contributed by atoms with Crippen LogP contribution in [-0.4, -0.2) is 11.0 Å². The van der Waals surface area contributed by atoms with Crippen molar-refractivity contribution in [2.75, 3.05) is 4.90 Å². The van der Waals surface area contributed by atoms with Crippen molar-refractivity contribution in [2.24, 2.45) is 0 Å². The van der Waals surface area contributed by atoms with Crippen LogP contribution in [0.3, 0.4) is 0 Å². The molecule has 3 nitrogen and oxygen atoms in total. The zero-order valence-corrected chi connectivity index (χ0v) is 14.4. The number of anilines is 1. The first kappa shape index (κ1) is 15.7. The van der Waals surface area contributed by atoms with Gasteiger partial charge in [-0.2, -0.15) is 0 Å². The highest BCUT2D eigenvalue weighted by Crippen LogP contribution is 2.46. The zero-order valence-electron chi connectivity index (χ0n) is 13.6. The van der Waals surface area contributed by atoms with Gasteiger partial charge in [0.15, 0.2) is 0 Å². The van der Waals surface area contributed by atoms with E-state index in [1.54, 1.807) is 23.1 Å². The number of hydrogen-bond acceptors (Lipinski definition) is 2. The number of fused-ring (bicyclic) bond motifs is 3. The van der Waals surface area contributed by atoms with Crippen LogP contribution in [0.5, 0.6) is 5.75 Å². The third-order valence-corrected chi connectivity index (χ3v) is 4.85. The number of amides is 1. The first-order valence-corrected chi connectivity index (χ1v) is 8.45. The average Bonchev–Trinajstić information content (AvgIpc) is 2.61. The van der Waals surface area contributed by atoms with Crippen molar-refractivity contribution >= 4 is 23.2 Å². The summed E-state index contributed by atoms with van der Waals surface area (Å²) < 4.78 is 0. The lowest BCUT2D eigenvalue weighted by molar-refractivity contribution is 0.0977. The summed E-state index contributed by atoms with van der Waals surface area (Å²) in [5, 5.41) is 10.3. The molecule has 0 saturated carbocycles. The van der Waals surface area contributed by atoms with Gasteiger partial charge in [0.25, 0.3) is 5.91 Å². The molecule has 124 valence electrons. The minimum atomic E-state index is -0.165. The minimum Gasteiger partial charge on any atom is -0.508 e. The Labute approximate surface area is 151 Å². The van der Waals surface area contributed by atoms with Gasteiger partial charge in [0.2, 0.25) is 0 Å². The van der Waals surface area contributed by atoms with Crippen LogP contribution in [0.1, 0.15) is 28.9 Å². The molecule has 0 spiro atoms. The summed E-state index contributed by atoms with van der Waals surface area (Å²) in [5.74, 6) is -0.0938. The molecule has 0 aromatic heterocycles. The van der Waals surface area contributed by atoms with Crippen molar-refractivity contribution < 1.29 is 9.90 Å². The van der Waals surface area contributed by atoms with E-state index in [0.717, 1.165) is 22.4 Å². The number of carbonyl (C=O) groups is 1. The molecule has 1 aliphatic rings. The highest BCUT2D eigenvalue weighted by Gasteiger charge is 2.32. The maximum atomic E-state index is 13.2. The summed E-state index contributed by atoms with van der Waals surface area (Å²) in [6.45, 7) is 2.00. The van der Waals surface area contributed by atoms with Crippen LogP contribution >= 0.6 is 11.6 Å². The minimum absolute atomic E-state index is 0.0715. The lowest BCUT2D eigenvalue weighted by Crippen LogP contribution is -2.36. The Bertz CT molecular complexity index is 983. The van der Waals surface area contributed by atoms with Gasteiger partial charge >= 0.3 is 0 Å². The summed E-state index contributed by atoms with van der Waals surface area (Å²) in [4.78, 5) is 15.0. The third kappa shape index (κ3) is 2.57. The Hall–Kier alpha value is -2.78. The Morgan fingerprint density at radius 3 is 2.60 bits per heavy atom. The predicted molar refractivity (Wildman–Crippen MR) is 100 cm³/mol. The predicted octanol–water partition coefficient (Wildman–Crippen LogP) is 5.43. The normalized spacial score (nSPS) is 15.4. The Morgan fingerprint density at radius 2 is 1.80 bits per heavy atom. The number of hydrogen-bond donors (Lipinski definition) is 1. The van der Waals surface area contributed by atoms with Gasteiger partial charge < -0.3 is 10.0 Å². The van der Waals surface area contributed by atoms with Gasteiger partial charge in [0, 0.05) is 16.1 Å². The van der Waals surface area contributed by atoms with E-state index in [4.69, 9.17) is 11.6 Å². The van der Waals surface area contributed by atoms with Gasteiger partial charge in [-0.3, -0.25) is 4.79 Å². The maximum Gasteiger partial charge on any atom is 0.258 e. The van der Waals surface area contributed by atoms with Crippen molar-refractivity contribution in [2.45, 2.75) is 13.0 Å². The van der Waals surface area contributed by atoms with Crippen LogP contribution in [0.15, 0.2) is 66.7 Å². The van der Waals surface area contributed by atoms with Crippen LogP contribution in [-0.2, 0) is 0 Å². The molecule has 1 atom stereocenters. The largest absolute Gasteiger partial charge is 0.508 e. The standard InChI is InChI=1S/C21H16ClNO2/c1-13-17-7-2-3-8-18(17)19-10-9-15(22)12-20(19)23(13)21(25)14-5-4-6-16(24)11-14/h2-13,24H,1H3/t13-/m0/s1. The van der Waals surface area contributed by atoms with E-state index in [9.17, 15) is 9.90 Å². The van der Waals surface area contributed by atoms with Crippen LogP contribution in [0, 0.1) is 0 Å². The highest BCUT2D eigenvalue weighted by atomic mass is 35.5. The average molecular weight is 350 g/mol. The Kier molecular flexibility index (Phi) is 3.74. The lowest BCUT2D eigenvalue weighted by atomic mass is 9.88. The van der Waals surface area contributed by atoms with Gasteiger partial charge in [-0.05, 0) is 48.4 Å². The Balaban J connectivity index is 1.92. The number of aromatic hydroxyl groups is 1. The van der Waals surface area contributed by atoms with Crippen molar-refractivity contribution in [1.29, 1.82) is 0 Å². The monoisotopic (exact) mass is 349 g/mol. The Morgan fingerprint density at radius 1 is 1.00 bits per heavy atom. The van der Waals surface area contributed by atoms with E-state index in [0.29, 0.717) is 10.6 Å². The van der Waals surface area contributed by atoms with E-state index in [1.807, 2.05) is 43.3 Å². The molecule has 1 amide bonds. The SMILES string of the molecule is C[C@H]1c2ccccc2-c2ccc(Cl)cc2N1C(=O)c1cccc(O)c1. The van der Waals surface area contributed by atoms with Crippen molar-refractivity contribution in [3.8, 4) is 16.9 Å². The van der Waals surface area contributed by atoms with Crippen molar-refractivity contribution in [3.05, 3.63) is 82.9 Å². The van der Waals surface area contributed by atoms with Crippen LogP contribution in [0.4, 0.5) is 5.69 Å². The molecule has 0 saturated heterocycles. The van der Waals surface area contributed by atoms with E-state index >= 15 is 0 Å². The number of halogens is 1. The van der Waals surface area contributed by atoms with E-state index < -0.39 is 0 Å². The maximum absolute atomic E-state index is 13.2. The number of phenolic OH excluding ortho intramolecular Hbond substituents is 1. The lowest BCUT2D eigenvalue weighted by Gasteiger charge is -2.37. The van der Waals surface area contributed by atoms with Crippen LogP contribution in [0.25, 0.3) is 11.1 Å². The van der Waals surface area contributed by atoms with Gasteiger partial charge in [-0.1, -0.05) is 48.0 Å². The van der Waals surface area contributed by atoms with E-state index in [2.05, 4.69) is 6.07 Å². The fraction of sp³-hybridized carbons (Fsp3) is 0.0952. The summed E-state index contributed by atoms with van der Waals surface area (Å²) in [5.41, 5.74) is 4.41. The number of carbonyl (C=O) groups excluding carboxylic acids is 1. The van der Waals surface area contributed by atoms with Crippen molar-refractivity contribution in [1.82, 2.24) is 0 Å². The molecule has 3 aromatic carbocycles. The van der Waals surface area contributed by atoms with Crippen LogP contribution in [0.2, 0.25) is 5.02 Å². The molecule has 4 rings (SSSR count). The molecule has 1 N–H and O–H groups in total. The first-order chi connectivity index (χ1) is 12.1. The van der Waals surface area contributed by atoms with E-state index in [1.165, 1.54) is 6.07 Å². The first-order valence-electron chi connectivity index (χ1n) is 8.07. The fourth-order valence-corrected chi connectivity index (χ4v) is 3.62. The molecular weight excluding hydrogens is 334 g/mol. The molecule has 0 unspecified atom stereocenters. The summed E-state index contributed by atoms with van der Waals surface area (Å²) in [6.07, 6.45) is 0. The molecule has 4 heteroatoms. The third-order valence-electron chi connectivity index (χ3n) is 4.62. The van der Waals surface area contributed by atoms with Gasteiger partial charge in [0.05, 0.1) is 11.7 Å². The van der Waals surface area contributed by atoms with Gasteiger partial charge in [-0.15, -0.1) is 0 Å². The molecule has 0 aliphatic carbocycles. The summed E-state index contributed by atoms with van der Waals surface area (Å²) >= 11 is 6.21. The summed E-state index contributed by atoms with van der Waals surface area (Å²) in [6, 6.07) is 20.0. The molecule has 0 radical (unpaired) electrons. The second-order valence-electron chi connectivity index (χ2n) is 6.15.